The van der Waals surface area contributed by atoms with Gasteiger partial charge in [0, 0.05) is 14.3 Å². The van der Waals surface area contributed by atoms with Crippen molar-refractivity contribution in [2.24, 2.45) is 0 Å². The van der Waals surface area contributed by atoms with E-state index in [9.17, 15) is 5.11 Å². The number of nitrogens with zero attached hydrogens (tertiary/aromatic N) is 3. The quantitative estimate of drug-likeness (QED) is 0.628. The minimum absolute atomic E-state index is 0.676. The van der Waals surface area contributed by atoms with Crippen molar-refractivity contribution in [3.63, 3.8) is 0 Å². The Labute approximate surface area is 128 Å². The highest BCUT2D eigenvalue weighted by atomic mass is 32.1. The Morgan fingerprint density at radius 1 is 1.10 bits per heavy atom. The van der Waals surface area contributed by atoms with Crippen molar-refractivity contribution in [1.82, 2.24) is 15.0 Å². The molecule has 3 heterocycles. The summed E-state index contributed by atoms with van der Waals surface area (Å²) in [6.07, 6.45) is 0.899. The Hall–Kier alpha value is -2.02. The van der Waals surface area contributed by atoms with Gasteiger partial charge in [0.25, 0.3) is 0 Å². The maximum atomic E-state index is 10.7. The summed E-state index contributed by atoms with van der Waals surface area (Å²) in [5.41, 5.74) is 1.57. The molecule has 4 aromatic rings. The van der Waals surface area contributed by atoms with E-state index in [1.165, 1.54) is 9.40 Å². The summed E-state index contributed by atoms with van der Waals surface area (Å²) >= 11 is 3.29. The van der Waals surface area contributed by atoms with Crippen LogP contribution in [-0.4, -0.2) is 20.1 Å². The standard InChI is InChI=1S/C15H11N3OS2/c19-15(14-8-13-12(21-14)6-7-20-13)11-9-16-17-18(11)10-4-2-1-3-5-10/h1-9,15,19H. The molecule has 4 nitrogen and oxygen atoms in total. The van der Waals surface area contributed by atoms with Crippen LogP contribution in [0, 0.1) is 0 Å². The van der Waals surface area contributed by atoms with Gasteiger partial charge in [-0.2, -0.15) is 0 Å². The number of fused-ring (bicyclic) bond motifs is 1. The zero-order valence-corrected chi connectivity index (χ0v) is 12.5. The fourth-order valence-electron chi connectivity index (χ4n) is 2.26. The van der Waals surface area contributed by atoms with Gasteiger partial charge < -0.3 is 5.11 Å². The lowest BCUT2D eigenvalue weighted by molar-refractivity contribution is 0.216. The summed E-state index contributed by atoms with van der Waals surface area (Å²) in [4.78, 5) is 0.913. The SMILES string of the molecule is OC(c1cc2sccc2s1)c1cnnn1-c1ccccc1. The molecular formula is C15H11N3OS2. The third kappa shape index (κ3) is 2.17. The average molecular weight is 313 g/mol. The molecule has 6 heteroatoms. The largest absolute Gasteiger partial charge is 0.381 e. The molecule has 0 saturated heterocycles. The van der Waals surface area contributed by atoms with Crippen LogP contribution >= 0.6 is 22.7 Å². The molecule has 0 fully saturated rings. The summed E-state index contributed by atoms with van der Waals surface area (Å²) < 4.78 is 4.08. The molecule has 0 aliphatic carbocycles. The molecule has 21 heavy (non-hydrogen) atoms. The molecule has 0 amide bonds. The Bertz CT molecular complexity index is 850. The normalized spacial score (nSPS) is 12.8. The summed E-state index contributed by atoms with van der Waals surface area (Å²) in [5.74, 6) is 0. The highest BCUT2D eigenvalue weighted by molar-refractivity contribution is 7.26. The smallest absolute Gasteiger partial charge is 0.132 e. The molecule has 0 aliphatic heterocycles. The summed E-state index contributed by atoms with van der Waals surface area (Å²) in [6.45, 7) is 0. The predicted molar refractivity (Wildman–Crippen MR) is 85.1 cm³/mol. The Balaban J connectivity index is 1.77. The van der Waals surface area contributed by atoms with Gasteiger partial charge in [0.1, 0.15) is 6.10 Å². The zero-order chi connectivity index (χ0) is 14.2. The zero-order valence-electron chi connectivity index (χ0n) is 10.9. The monoisotopic (exact) mass is 313 g/mol. The van der Waals surface area contributed by atoms with Crippen LogP contribution in [-0.2, 0) is 0 Å². The van der Waals surface area contributed by atoms with Crippen molar-refractivity contribution in [1.29, 1.82) is 0 Å². The molecule has 0 radical (unpaired) electrons. The summed E-state index contributed by atoms with van der Waals surface area (Å²) in [5, 5.41) is 20.8. The average Bonchev–Trinajstić information content (AvgIpc) is 3.22. The molecule has 0 bridgehead atoms. The lowest BCUT2D eigenvalue weighted by atomic mass is 10.2. The second-order valence-corrected chi connectivity index (χ2v) is 6.67. The number of aliphatic hydroxyl groups excluding tert-OH is 1. The van der Waals surface area contributed by atoms with Gasteiger partial charge in [-0.1, -0.05) is 23.4 Å². The van der Waals surface area contributed by atoms with Gasteiger partial charge in [-0.15, -0.1) is 27.8 Å². The van der Waals surface area contributed by atoms with E-state index < -0.39 is 6.10 Å². The Morgan fingerprint density at radius 3 is 2.76 bits per heavy atom. The van der Waals surface area contributed by atoms with E-state index in [1.807, 2.05) is 36.4 Å². The molecular weight excluding hydrogens is 302 g/mol. The molecule has 1 N–H and O–H groups in total. The predicted octanol–water partition coefficient (Wildman–Crippen LogP) is 3.63. The fourth-order valence-corrected chi connectivity index (χ4v) is 4.38. The molecule has 1 aromatic carbocycles. The van der Waals surface area contributed by atoms with Crippen molar-refractivity contribution in [2.75, 3.05) is 0 Å². The maximum Gasteiger partial charge on any atom is 0.132 e. The Kier molecular flexibility index (Phi) is 3.07. The van der Waals surface area contributed by atoms with Crippen molar-refractivity contribution < 1.29 is 5.11 Å². The molecule has 3 aromatic heterocycles. The van der Waals surface area contributed by atoms with Gasteiger partial charge >= 0.3 is 0 Å². The molecule has 0 saturated carbocycles. The number of benzene rings is 1. The second kappa shape index (κ2) is 5.07. The van der Waals surface area contributed by atoms with Crippen molar-refractivity contribution in [2.45, 2.75) is 6.10 Å². The van der Waals surface area contributed by atoms with Crippen molar-refractivity contribution in [3.05, 3.63) is 64.6 Å². The first kappa shape index (κ1) is 12.7. The fraction of sp³-hybridized carbons (Fsp3) is 0.0667. The molecule has 1 atom stereocenters. The van der Waals surface area contributed by atoms with Crippen LogP contribution in [0.1, 0.15) is 16.7 Å². The van der Waals surface area contributed by atoms with Crippen LogP contribution in [0.5, 0.6) is 0 Å². The van der Waals surface area contributed by atoms with Gasteiger partial charge in [0.15, 0.2) is 0 Å². The number of aliphatic hydroxyl groups is 1. The maximum absolute atomic E-state index is 10.7. The number of hydrogen-bond acceptors (Lipinski definition) is 5. The highest BCUT2D eigenvalue weighted by Gasteiger charge is 2.19. The minimum Gasteiger partial charge on any atom is -0.381 e. The van der Waals surface area contributed by atoms with E-state index in [0.29, 0.717) is 5.69 Å². The van der Waals surface area contributed by atoms with E-state index in [0.717, 1.165) is 10.6 Å². The first-order valence-electron chi connectivity index (χ1n) is 6.44. The van der Waals surface area contributed by atoms with Crippen LogP contribution in [0.2, 0.25) is 0 Å². The van der Waals surface area contributed by atoms with Gasteiger partial charge in [0.2, 0.25) is 0 Å². The first-order valence-corrected chi connectivity index (χ1v) is 8.13. The van der Waals surface area contributed by atoms with Crippen molar-refractivity contribution >= 4 is 32.1 Å². The minimum atomic E-state index is -0.718. The molecule has 0 spiro atoms. The third-order valence-corrected chi connectivity index (χ3v) is 5.43. The number of thiophene rings is 2. The number of hydrogen-bond donors (Lipinski definition) is 1. The third-order valence-electron chi connectivity index (χ3n) is 3.28. The number of aromatic nitrogens is 3. The highest BCUT2D eigenvalue weighted by Crippen LogP contribution is 2.35. The number of para-hydroxylation sites is 1. The molecule has 104 valence electrons. The second-order valence-electron chi connectivity index (χ2n) is 4.61. The van der Waals surface area contributed by atoms with Gasteiger partial charge in [-0.25, -0.2) is 4.68 Å². The van der Waals surface area contributed by atoms with Crippen LogP contribution in [0.3, 0.4) is 0 Å². The lowest BCUT2D eigenvalue weighted by Crippen LogP contribution is -2.07. The summed E-state index contributed by atoms with van der Waals surface area (Å²) in [6, 6.07) is 13.8. The van der Waals surface area contributed by atoms with Crippen molar-refractivity contribution in [3.8, 4) is 5.69 Å². The topological polar surface area (TPSA) is 50.9 Å². The van der Waals surface area contributed by atoms with E-state index >= 15 is 0 Å². The molecule has 0 aliphatic rings. The van der Waals surface area contributed by atoms with Crippen LogP contribution in [0.4, 0.5) is 0 Å². The van der Waals surface area contributed by atoms with E-state index in [-0.39, 0.29) is 0 Å². The Morgan fingerprint density at radius 2 is 1.95 bits per heavy atom. The van der Waals surface area contributed by atoms with E-state index in [2.05, 4.69) is 21.8 Å². The van der Waals surface area contributed by atoms with Gasteiger partial charge in [0.05, 0.1) is 17.6 Å². The summed E-state index contributed by atoms with van der Waals surface area (Å²) in [7, 11) is 0. The van der Waals surface area contributed by atoms with Crippen LogP contribution in [0.15, 0.2) is 54.0 Å². The first-order chi connectivity index (χ1) is 10.3. The molecule has 4 rings (SSSR count). The van der Waals surface area contributed by atoms with E-state index in [1.54, 1.807) is 33.6 Å². The van der Waals surface area contributed by atoms with Gasteiger partial charge in [-0.05, 0) is 29.6 Å². The van der Waals surface area contributed by atoms with E-state index in [4.69, 9.17) is 0 Å². The molecule has 1 unspecified atom stereocenters. The lowest BCUT2D eigenvalue weighted by Gasteiger charge is -2.10. The van der Waals surface area contributed by atoms with Crippen LogP contribution in [0.25, 0.3) is 15.1 Å². The van der Waals surface area contributed by atoms with Gasteiger partial charge in [-0.3, -0.25) is 0 Å². The number of rotatable bonds is 3. The van der Waals surface area contributed by atoms with Crippen LogP contribution < -0.4 is 0 Å².